The van der Waals surface area contributed by atoms with Gasteiger partial charge in [-0.05, 0) is 19.9 Å². The van der Waals surface area contributed by atoms with Crippen LogP contribution in [0.25, 0.3) is 10.9 Å². The summed E-state index contributed by atoms with van der Waals surface area (Å²) in [6.07, 6.45) is -0.532. The van der Waals surface area contributed by atoms with Gasteiger partial charge in [0, 0.05) is 23.0 Å². The van der Waals surface area contributed by atoms with Crippen LogP contribution in [0.2, 0.25) is 5.15 Å². The average Bonchev–Trinajstić information content (AvgIpc) is 2.49. The van der Waals surface area contributed by atoms with E-state index in [-0.39, 0.29) is 0 Å². The first-order chi connectivity index (χ1) is 7.16. The molecule has 1 unspecified atom stereocenters. The minimum atomic E-state index is -0.532. The normalized spacial score (nSPS) is 13.3. The van der Waals surface area contributed by atoms with E-state index in [0.29, 0.717) is 5.15 Å². The van der Waals surface area contributed by atoms with Crippen LogP contribution < -0.4 is 0 Å². The highest BCUT2D eigenvalue weighted by Gasteiger charge is 2.17. The maximum atomic E-state index is 9.71. The number of aliphatic hydroxyl groups excluding tert-OH is 1. The highest BCUT2D eigenvalue weighted by atomic mass is 35.5. The van der Waals surface area contributed by atoms with E-state index in [1.54, 1.807) is 6.92 Å². The Kier molecular flexibility index (Phi) is 2.72. The van der Waals surface area contributed by atoms with Crippen molar-refractivity contribution in [3.8, 4) is 0 Å². The quantitative estimate of drug-likeness (QED) is 0.830. The number of halogens is 1. The summed E-state index contributed by atoms with van der Waals surface area (Å²) in [6, 6.07) is 7.97. The molecule has 80 valence electrons. The molecular weight excluding hydrogens is 210 g/mol. The van der Waals surface area contributed by atoms with Gasteiger partial charge in [0.2, 0.25) is 0 Å². The van der Waals surface area contributed by atoms with Crippen molar-refractivity contribution in [2.75, 3.05) is 0 Å². The van der Waals surface area contributed by atoms with Crippen LogP contribution >= 0.6 is 11.6 Å². The Bertz CT molecular complexity index is 488. The van der Waals surface area contributed by atoms with E-state index in [4.69, 9.17) is 11.6 Å². The van der Waals surface area contributed by atoms with Crippen LogP contribution in [-0.2, 0) is 6.54 Å². The van der Waals surface area contributed by atoms with Crippen LogP contribution in [0, 0.1) is 0 Å². The molecule has 0 saturated heterocycles. The molecule has 0 aliphatic carbocycles. The summed E-state index contributed by atoms with van der Waals surface area (Å²) >= 11 is 6.25. The lowest BCUT2D eigenvalue weighted by molar-refractivity contribution is 0.200. The molecule has 1 atom stereocenters. The van der Waals surface area contributed by atoms with E-state index >= 15 is 0 Å². The molecule has 3 heteroatoms. The number of aromatic nitrogens is 1. The Morgan fingerprint density at radius 3 is 2.67 bits per heavy atom. The SMILES string of the molecule is CCn1c(Cl)c(C(C)O)c2ccccc21. The molecule has 1 aromatic heterocycles. The van der Waals surface area contributed by atoms with Gasteiger partial charge >= 0.3 is 0 Å². The minimum absolute atomic E-state index is 0.532. The van der Waals surface area contributed by atoms with Crippen LogP contribution in [0.4, 0.5) is 0 Å². The number of nitrogens with zero attached hydrogens (tertiary/aromatic N) is 1. The number of aliphatic hydroxyl groups is 1. The third-order valence-corrected chi connectivity index (χ3v) is 3.09. The lowest BCUT2D eigenvalue weighted by atomic mass is 10.1. The Labute approximate surface area is 94.1 Å². The summed E-state index contributed by atoms with van der Waals surface area (Å²) in [7, 11) is 0. The first-order valence-corrected chi connectivity index (χ1v) is 5.49. The summed E-state index contributed by atoms with van der Waals surface area (Å²) < 4.78 is 2.01. The zero-order valence-corrected chi connectivity index (χ0v) is 9.62. The molecule has 2 aromatic rings. The number of fused-ring (bicyclic) bond motifs is 1. The van der Waals surface area contributed by atoms with Crippen molar-refractivity contribution in [1.82, 2.24) is 4.57 Å². The van der Waals surface area contributed by atoms with Crippen molar-refractivity contribution >= 4 is 22.5 Å². The average molecular weight is 224 g/mol. The van der Waals surface area contributed by atoms with Crippen molar-refractivity contribution in [1.29, 1.82) is 0 Å². The van der Waals surface area contributed by atoms with Gasteiger partial charge in [-0.1, -0.05) is 29.8 Å². The predicted octanol–water partition coefficient (Wildman–Crippen LogP) is 3.37. The molecule has 1 aromatic carbocycles. The number of hydrogen-bond donors (Lipinski definition) is 1. The third-order valence-electron chi connectivity index (χ3n) is 2.68. The molecule has 2 rings (SSSR count). The first-order valence-electron chi connectivity index (χ1n) is 5.11. The molecule has 0 aliphatic rings. The first kappa shape index (κ1) is 10.5. The fourth-order valence-corrected chi connectivity index (χ4v) is 2.48. The number of aryl methyl sites for hydroxylation is 1. The molecule has 0 aliphatic heterocycles. The predicted molar refractivity (Wildman–Crippen MR) is 63.3 cm³/mol. The summed E-state index contributed by atoms with van der Waals surface area (Å²) in [6.45, 7) is 4.60. The van der Waals surface area contributed by atoms with E-state index in [1.807, 2.05) is 35.8 Å². The van der Waals surface area contributed by atoms with E-state index in [1.165, 1.54) is 0 Å². The Morgan fingerprint density at radius 1 is 1.40 bits per heavy atom. The van der Waals surface area contributed by atoms with Gasteiger partial charge in [0.25, 0.3) is 0 Å². The second kappa shape index (κ2) is 3.87. The third kappa shape index (κ3) is 1.54. The maximum Gasteiger partial charge on any atom is 0.115 e. The van der Waals surface area contributed by atoms with Crippen LogP contribution in [0.5, 0.6) is 0 Å². The van der Waals surface area contributed by atoms with E-state index in [2.05, 4.69) is 0 Å². The van der Waals surface area contributed by atoms with Crippen molar-refractivity contribution in [2.45, 2.75) is 26.5 Å². The van der Waals surface area contributed by atoms with Crippen molar-refractivity contribution in [3.05, 3.63) is 35.0 Å². The zero-order chi connectivity index (χ0) is 11.0. The molecule has 0 saturated carbocycles. The number of rotatable bonds is 2. The molecule has 2 nitrogen and oxygen atoms in total. The Morgan fingerprint density at radius 2 is 2.07 bits per heavy atom. The van der Waals surface area contributed by atoms with Gasteiger partial charge in [-0.15, -0.1) is 0 Å². The van der Waals surface area contributed by atoms with Gasteiger partial charge in [-0.2, -0.15) is 0 Å². The highest BCUT2D eigenvalue weighted by Crippen LogP contribution is 2.34. The molecule has 0 fully saturated rings. The van der Waals surface area contributed by atoms with Gasteiger partial charge in [-0.25, -0.2) is 0 Å². The van der Waals surface area contributed by atoms with Gasteiger partial charge in [0.05, 0.1) is 6.10 Å². The van der Waals surface area contributed by atoms with Crippen molar-refractivity contribution in [2.24, 2.45) is 0 Å². The summed E-state index contributed by atoms with van der Waals surface area (Å²) in [5.41, 5.74) is 1.91. The molecule has 15 heavy (non-hydrogen) atoms. The van der Waals surface area contributed by atoms with Gasteiger partial charge in [0.1, 0.15) is 5.15 Å². The molecule has 0 bridgehead atoms. The summed E-state index contributed by atoms with van der Waals surface area (Å²) in [5, 5.41) is 11.4. The summed E-state index contributed by atoms with van der Waals surface area (Å²) in [5.74, 6) is 0. The minimum Gasteiger partial charge on any atom is -0.389 e. The van der Waals surface area contributed by atoms with Crippen LogP contribution in [-0.4, -0.2) is 9.67 Å². The lowest BCUT2D eigenvalue weighted by Crippen LogP contribution is -1.95. The van der Waals surface area contributed by atoms with Gasteiger partial charge in [0.15, 0.2) is 0 Å². The Balaban J connectivity index is 2.85. The van der Waals surface area contributed by atoms with E-state index in [9.17, 15) is 5.11 Å². The highest BCUT2D eigenvalue weighted by molar-refractivity contribution is 6.32. The van der Waals surface area contributed by atoms with Crippen LogP contribution in [0.15, 0.2) is 24.3 Å². The lowest BCUT2D eigenvalue weighted by Gasteiger charge is -2.04. The van der Waals surface area contributed by atoms with Crippen LogP contribution in [0.1, 0.15) is 25.5 Å². The Hall–Kier alpha value is -0.990. The monoisotopic (exact) mass is 223 g/mol. The molecule has 0 amide bonds. The maximum absolute atomic E-state index is 9.71. The van der Waals surface area contributed by atoms with E-state index in [0.717, 1.165) is 23.0 Å². The number of hydrogen-bond acceptors (Lipinski definition) is 1. The van der Waals surface area contributed by atoms with Crippen molar-refractivity contribution < 1.29 is 5.11 Å². The number of benzene rings is 1. The standard InChI is InChI=1S/C12H14ClNO/c1-3-14-10-7-5-4-6-9(10)11(8(2)15)12(14)13/h4-8,15H,3H2,1-2H3. The second-order valence-electron chi connectivity index (χ2n) is 3.64. The molecule has 1 heterocycles. The van der Waals surface area contributed by atoms with E-state index < -0.39 is 6.10 Å². The molecule has 0 radical (unpaired) electrons. The smallest absolute Gasteiger partial charge is 0.115 e. The number of para-hydroxylation sites is 1. The zero-order valence-electron chi connectivity index (χ0n) is 8.87. The summed E-state index contributed by atoms with van der Waals surface area (Å²) in [4.78, 5) is 0. The molecule has 1 N–H and O–H groups in total. The second-order valence-corrected chi connectivity index (χ2v) is 4.00. The molecular formula is C12H14ClNO. The van der Waals surface area contributed by atoms with Gasteiger partial charge in [-0.3, -0.25) is 0 Å². The fourth-order valence-electron chi connectivity index (χ4n) is 2.01. The van der Waals surface area contributed by atoms with Gasteiger partial charge < -0.3 is 9.67 Å². The molecule has 0 spiro atoms. The van der Waals surface area contributed by atoms with Crippen LogP contribution in [0.3, 0.4) is 0 Å². The van der Waals surface area contributed by atoms with Crippen molar-refractivity contribution in [3.63, 3.8) is 0 Å². The topological polar surface area (TPSA) is 25.2 Å². The fraction of sp³-hybridized carbons (Fsp3) is 0.333. The largest absolute Gasteiger partial charge is 0.389 e.